The van der Waals surface area contributed by atoms with Crippen LogP contribution in [0.1, 0.15) is 31.5 Å². The highest BCUT2D eigenvalue weighted by Crippen LogP contribution is 2.19. The van der Waals surface area contributed by atoms with Crippen LogP contribution in [-0.4, -0.2) is 44.7 Å². The topological polar surface area (TPSA) is 58.4 Å². The summed E-state index contributed by atoms with van der Waals surface area (Å²) < 4.78 is 2.02. The molecule has 0 radical (unpaired) electrons. The Morgan fingerprint density at radius 1 is 1.56 bits per heavy atom. The monoisotopic (exact) mass is 251 g/mol. The minimum absolute atomic E-state index is 0.205. The van der Waals surface area contributed by atoms with Crippen LogP contribution in [0.3, 0.4) is 0 Å². The van der Waals surface area contributed by atoms with E-state index >= 15 is 0 Å². The zero-order valence-electron chi connectivity index (χ0n) is 10.9. The number of hydrogen-bond acceptors (Lipinski definition) is 3. The summed E-state index contributed by atoms with van der Waals surface area (Å²) in [5, 5.41) is 8.94. The number of hydrogen-bond donors (Lipinski definition) is 1. The van der Waals surface area contributed by atoms with Gasteiger partial charge in [-0.2, -0.15) is 0 Å². The number of aryl methyl sites for hydroxylation is 1. The number of piperidine rings is 1. The first-order valence-electron chi connectivity index (χ1n) is 6.59. The predicted octanol–water partition coefficient (Wildman–Crippen LogP) is 1.29. The van der Waals surface area contributed by atoms with Gasteiger partial charge in [-0.15, -0.1) is 0 Å². The average Bonchev–Trinajstić information content (AvgIpc) is 2.73. The SMILES string of the molecule is Cn1ccnc1CCN1CCCCC1CC(=O)O. The lowest BCUT2D eigenvalue weighted by molar-refractivity contribution is -0.138. The lowest BCUT2D eigenvalue weighted by Gasteiger charge is -2.34. The zero-order valence-corrected chi connectivity index (χ0v) is 10.9. The summed E-state index contributed by atoms with van der Waals surface area (Å²) >= 11 is 0. The molecule has 1 unspecified atom stereocenters. The average molecular weight is 251 g/mol. The summed E-state index contributed by atoms with van der Waals surface area (Å²) in [5.41, 5.74) is 0. The van der Waals surface area contributed by atoms with Crippen LogP contribution in [0.2, 0.25) is 0 Å². The molecule has 1 saturated heterocycles. The van der Waals surface area contributed by atoms with E-state index in [1.807, 2.05) is 17.8 Å². The van der Waals surface area contributed by atoms with Gasteiger partial charge in [-0.1, -0.05) is 6.42 Å². The Balaban J connectivity index is 1.89. The van der Waals surface area contributed by atoms with Crippen molar-refractivity contribution in [3.63, 3.8) is 0 Å². The van der Waals surface area contributed by atoms with E-state index in [1.165, 1.54) is 6.42 Å². The van der Waals surface area contributed by atoms with Gasteiger partial charge in [0.25, 0.3) is 0 Å². The molecule has 0 saturated carbocycles. The Morgan fingerprint density at radius 2 is 2.39 bits per heavy atom. The molecule has 0 aliphatic carbocycles. The van der Waals surface area contributed by atoms with Crippen LogP contribution in [0.4, 0.5) is 0 Å². The number of aromatic nitrogens is 2. The smallest absolute Gasteiger partial charge is 0.304 e. The highest BCUT2D eigenvalue weighted by molar-refractivity contribution is 5.67. The number of imidazole rings is 1. The molecule has 0 amide bonds. The summed E-state index contributed by atoms with van der Waals surface area (Å²) in [7, 11) is 1.99. The van der Waals surface area contributed by atoms with Crippen molar-refractivity contribution in [2.75, 3.05) is 13.1 Å². The van der Waals surface area contributed by atoms with E-state index in [0.29, 0.717) is 0 Å². The summed E-state index contributed by atoms with van der Waals surface area (Å²) in [6, 6.07) is 0.205. The summed E-state index contributed by atoms with van der Waals surface area (Å²) in [6.45, 7) is 1.92. The fourth-order valence-electron chi connectivity index (χ4n) is 2.67. The third-order valence-electron chi connectivity index (χ3n) is 3.70. The number of carboxylic acid groups (broad SMARTS) is 1. The summed E-state index contributed by atoms with van der Waals surface area (Å²) in [4.78, 5) is 17.5. The molecule has 1 aromatic heterocycles. The first kappa shape index (κ1) is 13.1. The molecule has 0 spiro atoms. The minimum atomic E-state index is -0.691. The largest absolute Gasteiger partial charge is 0.481 e. The maximum Gasteiger partial charge on any atom is 0.304 e. The van der Waals surface area contributed by atoms with Crippen molar-refractivity contribution in [3.8, 4) is 0 Å². The molecule has 2 heterocycles. The molecule has 1 aromatic rings. The number of rotatable bonds is 5. The van der Waals surface area contributed by atoms with Crippen LogP contribution >= 0.6 is 0 Å². The number of aliphatic carboxylic acids is 1. The molecule has 0 aromatic carbocycles. The van der Waals surface area contributed by atoms with Crippen molar-refractivity contribution in [2.45, 2.75) is 38.1 Å². The van der Waals surface area contributed by atoms with Crippen molar-refractivity contribution >= 4 is 5.97 Å². The normalized spacial score (nSPS) is 21.1. The maximum atomic E-state index is 10.9. The molecule has 1 atom stereocenters. The second-order valence-corrected chi connectivity index (χ2v) is 4.99. The van der Waals surface area contributed by atoms with E-state index in [9.17, 15) is 4.79 Å². The second kappa shape index (κ2) is 6.00. The first-order valence-corrected chi connectivity index (χ1v) is 6.59. The summed E-state index contributed by atoms with van der Waals surface area (Å²) in [6.07, 6.45) is 8.24. The molecule has 0 bridgehead atoms. The molecule has 5 heteroatoms. The van der Waals surface area contributed by atoms with Crippen molar-refractivity contribution in [2.24, 2.45) is 7.05 Å². The highest BCUT2D eigenvalue weighted by Gasteiger charge is 2.24. The van der Waals surface area contributed by atoms with E-state index in [-0.39, 0.29) is 12.5 Å². The number of likely N-dealkylation sites (tertiary alicyclic amines) is 1. The van der Waals surface area contributed by atoms with Gasteiger partial charge in [0.2, 0.25) is 0 Å². The van der Waals surface area contributed by atoms with Crippen molar-refractivity contribution in [1.29, 1.82) is 0 Å². The van der Waals surface area contributed by atoms with Gasteiger partial charge in [0.1, 0.15) is 5.82 Å². The van der Waals surface area contributed by atoms with Crippen LogP contribution in [0, 0.1) is 0 Å². The molecule has 18 heavy (non-hydrogen) atoms. The van der Waals surface area contributed by atoms with E-state index in [4.69, 9.17) is 5.11 Å². The van der Waals surface area contributed by atoms with Crippen molar-refractivity contribution in [1.82, 2.24) is 14.5 Å². The Bertz CT molecular complexity index is 403. The number of nitrogens with zero attached hydrogens (tertiary/aromatic N) is 3. The lowest BCUT2D eigenvalue weighted by Crippen LogP contribution is -2.42. The van der Waals surface area contributed by atoms with Crippen LogP contribution in [0.25, 0.3) is 0 Å². The van der Waals surface area contributed by atoms with E-state index in [1.54, 1.807) is 6.20 Å². The van der Waals surface area contributed by atoms with Crippen LogP contribution in [-0.2, 0) is 18.3 Å². The molecule has 1 N–H and O–H groups in total. The van der Waals surface area contributed by atoms with Gasteiger partial charge in [0.15, 0.2) is 0 Å². The molecule has 1 fully saturated rings. The van der Waals surface area contributed by atoms with E-state index < -0.39 is 5.97 Å². The minimum Gasteiger partial charge on any atom is -0.481 e. The molecule has 2 rings (SSSR count). The van der Waals surface area contributed by atoms with Crippen molar-refractivity contribution < 1.29 is 9.90 Å². The predicted molar refractivity (Wildman–Crippen MR) is 68.4 cm³/mol. The van der Waals surface area contributed by atoms with Gasteiger partial charge in [-0.25, -0.2) is 4.98 Å². The Morgan fingerprint density at radius 3 is 3.06 bits per heavy atom. The third kappa shape index (κ3) is 3.32. The molecule has 1 aliphatic heterocycles. The van der Waals surface area contributed by atoms with Gasteiger partial charge in [0, 0.05) is 38.4 Å². The Kier molecular flexibility index (Phi) is 4.36. The van der Waals surface area contributed by atoms with Crippen LogP contribution < -0.4 is 0 Å². The second-order valence-electron chi connectivity index (χ2n) is 4.99. The van der Waals surface area contributed by atoms with Crippen molar-refractivity contribution in [3.05, 3.63) is 18.2 Å². The third-order valence-corrected chi connectivity index (χ3v) is 3.70. The van der Waals surface area contributed by atoms with Gasteiger partial charge in [-0.3, -0.25) is 9.69 Å². The van der Waals surface area contributed by atoms with Gasteiger partial charge < -0.3 is 9.67 Å². The molecule has 1 aliphatic rings. The first-order chi connectivity index (χ1) is 8.66. The standard InChI is InChI=1S/C13H21N3O2/c1-15-9-6-14-12(15)5-8-16-7-3-2-4-11(16)10-13(17)18/h6,9,11H,2-5,7-8,10H2,1H3,(H,17,18). The van der Waals surface area contributed by atoms with Gasteiger partial charge >= 0.3 is 5.97 Å². The quantitative estimate of drug-likeness (QED) is 0.856. The number of carboxylic acids is 1. The van der Waals surface area contributed by atoms with Gasteiger partial charge in [-0.05, 0) is 19.4 Å². The Hall–Kier alpha value is -1.36. The van der Waals surface area contributed by atoms with Gasteiger partial charge in [0.05, 0.1) is 6.42 Å². The highest BCUT2D eigenvalue weighted by atomic mass is 16.4. The molecule has 100 valence electrons. The zero-order chi connectivity index (χ0) is 13.0. The molecular weight excluding hydrogens is 230 g/mol. The van der Waals surface area contributed by atoms with Crippen LogP contribution in [0.5, 0.6) is 0 Å². The molecular formula is C13H21N3O2. The maximum absolute atomic E-state index is 10.9. The fourth-order valence-corrected chi connectivity index (χ4v) is 2.67. The fraction of sp³-hybridized carbons (Fsp3) is 0.692. The van der Waals surface area contributed by atoms with Crippen LogP contribution in [0.15, 0.2) is 12.4 Å². The van der Waals surface area contributed by atoms with E-state index in [2.05, 4.69) is 9.88 Å². The lowest BCUT2D eigenvalue weighted by atomic mass is 9.99. The van der Waals surface area contributed by atoms with E-state index in [0.717, 1.165) is 38.2 Å². The summed E-state index contributed by atoms with van der Waals surface area (Å²) in [5.74, 6) is 0.374. The number of carbonyl (C=O) groups is 1. The Labute approximate surface area is 107 Å². The molecule has 5 nitrogen and oxygen atoms in total.